The minimum atomic E-state index is -1.18. The van der Waals surface area contributed by atoms with E-state index >= 15 is 0 Å². The van der Waals surface area contributed by atoms with Crippen LogP contribution in [-0.4, -0.2) is 18.7 Å². The Morgan fingerprint density at radius 2 is 1.74 bits per heavy atom. The van der Waals surface area contributed by atoms with Gasteiger partial charge in [0, 0.05) is 23.6 Å². The van der Waals surface area contributed by atoms with Gasteiger partial charge in [0.1, 0.15) is 0 Å². The van der Waals surface area contributed by atoms with Gasteiger partial charge in [-0.15, -0.1) is 0 Å². The zero-order chi connectivity index (χ0) is 16.6. The van der Waals surface area contributed by atoms with Crippen molar-refractivity contribution in [2.45, 2.75) is 26.7 Å². The van der Waals surface area contributed by atoms with E-state index in [-0.39, 0.29) is 12.7 Å². The quantitative estimate of drug-likeness (QED) is 0.853. The van der Waals surface area contributed by atoms with Crippen LogP contribution >= 0.6 is 0 Å². The average Bonchev–Trinajstić information content (AvgIpc) is 2.96. The predicted octanol–water partition coefficient (Wildman–Crippen LogP) is 1.47. The number of benzene rings is 1. The highest BCUT2D eigenvalue weighted by molar-refractivity contribution is 5.95. The number of carbonyl (C=O) groups is 2. The number of rotatable bonds is 3. The summed E-state index contributed by atoms with van der Waals surface area (Å²) in [6.45, 7) is 3.99. The molecule has 1 amide bonds. The largest absolute Gasteiger partial charge is 0.550 e. The molecule has 0 radical (unpaired) electrons. The van der Waals surface area contributed by atoms with Crippen molar-refractivity contribution in [3.8, 4) is 11.5 Å². The molecule has 0 aromatic heterocycles. The van der Waals surface area contributed by atoms with E-state index in [2.05, 4.69) is 5.32 Å². The molecular weight excluding hydrogens is 298 g/mol. The van der Waals surface area contributed by atoms with Crippen molar-refractivity contribution in [2.75, 3.05) is 12.1 Å². The number of carboxylic acid groups (broad SMARTS) is 1. The van der Waals surface area contributed by atoms with Crippen molar-refractivity contribution in [1.82, 2.24) is 0 Å². The Labute approximate surface area is 134 Å². The summed E-state index contributed by atoms with van der Waals surface area (Å²) in [6, 6.07) is 5.09. The van der Waals surface area contributed by atoms with Crippen LogP contribution in [0.4, 0.5) is 5.69 Å². The van der Waals surface area contributed by atoms with Gasteiger partial charge in [0.05, 0.1) is 5.92 Å². The van der Waals surface area contributed by atoms with Crippen LogP contribution in [0.5, 0.6) is 11.5 Å². The molecule has 6 nitrogen and oxygen atoms in total. The third-order valence-corrected chi connectivity index (χ3v) is 4.55. The summed E-state index contributed by atoms with van der Waals surface area (Å²) in [7, 11) is 0. The van der Waals surface area contributed by atoms with Crippen LogP contribution in [0, 0.1) is 11.8 Å². The van der Waals surface area contributed by atoms with Crippen molar-refractivity contribution in [2.24, 2.45) is 11.8 Å². The van der Waals surface area contributed by atoms with E-state index in [1.165, 1.54) is 0 Å². The van der Waals surface area contributed by atoms with Gasteiger partial charge in [0.2, 0.25) is 12.7 Å². The average molecular weight is 316 g/mol. The molecule has 1 aromatic rings. The Morgan fingerprint density at radius 3 is 2.43 bits per heavy atom. The fourth-order valence-corrected chi connectivity index (χ4v) is 3.02. The third-order valence-electron chi connectivity index (χ3n) is 4.55. The van der Waals surface area contributed by atoms with E-state index < -0.39 is 17.8 Å². The summed E-state index contributed by atoms with van der Waals surface area (Å²) in [5.74, 6) is -1.73. The Morgan fingerprint density at radius 1 is 1.09 bits per heavy atom. The van der Waals surface area contributed by atoms with Crippen LogP contribution < -0.4 is 19.9 Å². The van der Waals surface area contributed by atoms with Gasteiger partial charge in [-0.3, -0.25) is 4.79 Å². The van der Waals surface area contributed by atoms with Crippen LogP contribution in [0.15, 0.2) is 29.3 Å². The Bertz CT molecular complexity index is 694. The van der Waals surface area contributed by atoms with Gasteiger partial charge in [0.25, 0.3) is 0 Å². The highest BCUT2D eigenvalue weighted by Crippen LogP contribution is 2.36. The molecule has 23 heavy (non-hydrogen) atoms. The van der Waals surface area contributed by atoms with Crippen LogP contribution in [0.25, 0.3) is 0 Å². The molecule has 1 aliphatic heterocycles. The van der Waals surface area contributed by atoms with E-state index in [0.717, 1.165) is 11.1 Å². The molecule has 2 atom stereocenters. The SMILES string of the molecule is CC1=C(C)C[C@H](C(=O)Nc2ccc3c(c2)OCO3)[C@@H](C(=O)[O-])C1. The Hall–Kier alpha value is -2.50. The molecule has 0 saturated heterocycles. The van der Waals surface area contributed by atoms with Gasteiger partial charge >= 0.3 is 0 Å². The van der Waals surface area contributed by atoms with E-state index in [1.807, 2.05) is 13.8 Å². The lowest BCUT2D eigenvalue weighted by molar-refractivity contribution is -0.313. The number of fused-ring (bicyclic) bond motifs is 1. The number of amides is 1. The normalized spacial score (nSPS) is 22.9. The summed E-state index contributed by atoms with van der Waals surface area (Å²) in [5.41, 5.74) is 2.64. The van der Waals surface area contributed by atoms with E-state index in [1.54, 1.807) is 18.2 Å². The maximum Gasteiger partial charge on any atom is 0.231 e. The number of hydrogen-bond acceptors (Lipinski definition) is 5. The maximum atomic E-state index is 12.5. The second kappa shape index (κ2) is 5.95. The summed E-state index contributed by atoms with van der Waals surface area (Å²) < 4.78 is 10.5. The molecular formula is C17H18NO5-. The fourth-order valence-electron chi connectivity index (χ4n) is 3.02. The van der Waals surface area contributed by atoms with Gasteiger partial charge in [-0.2, -0.15) is 0 Å². The van der Waals surface area contributed by atoms with E-state index in [0.29, 0.717) is 30.0 Å². The molecule has 1 N–H and O–H groups in total. The lowest BCUT2D eigenvalue weighted by atomic mass is 9.76. The molecule has 122 valence electrons. The fraction of sp³-hybridized carbons (Fsp3) is 0.412. The monoisotopic (exact) mass is 316 g/mol. The first kappa shape index (κ1) is 15.4. The molecule has 0 spiro atoms. The van der Waals surface area contributed by atoms with Crippen molar-refractivity contribution in [3.63, 3.8) is 0 Å². The van der Waals surface area contributed by atoms with Crippen molar-refractivity contribution < 1.29 is 24.2 Å². The molecule has 0 fully saturated rings. The van der Waals surface area contributed by atoms with Gasteiger partial charge < -0.3 is 24.7 Å². The lowest BCUT2D eigenvalue weighted by Crippen LogP contribution is -2.42. The first-order valence-electron chi connectivity index (χ1n) is 7.52. The highest BCUT2D eigenvalue weighted by atomic mass is 16.7. The second-order valence-corrected chi connectivity index (χ2v) is 6.06. The van der Waals surface area contributed by atoms with Crippen molar-refractivity contribution >= 4 is 17.6 Å². The summed E-state index contributed by atoms with van der Waals surface area (Å²) >= 11 is 0. The maximum absolute atomic E-state index is 12.5. The molecule has 6 heteroatoms. The summed E-state index contributed by atoms with van der Waals surface area (Å²) in [5, 5.41) is 14.2. The number of hydrogen-bond donors (Lipinski definition) is 1. The van der Waals surface area contributed by atoms with E-state index in [4.69, 9.17) is 9.47 Å². The summed E-state index contributed by atoms with van der Waals surface area (Å²) in [4.78, 5) is 23.9. The first-order chi connectivity index (χ1) is 11.0. The van der Waals surface area contributed by atoms with Crippen molar-refractivity contribution in [3.05, 3.63) is 29.3 Å². The molecule has 1 heterocycles. The van der Waals surface area contributed by atoms with Gasteiger partial charge in [-0.25, -0.2) is 0 Å². The van der Waals surface area contributed by atoms with Gasteiger partial charge in [0.15, 0.2) is 11.5 Å². The van der Waals surface area contributed by atoms with Crippen LogP contribution in [0.2, 0.25) is 0 Å². The number of nitrogens with one attached hydrogen (secondary N) is 1. The minimum absolute atomic E-state index is 0.158. The predicted molar refractivity (Wildman–Crippen MR) is 80.8 cm³/mol. The molecule has 2 aliphatic rings. The van der Waals surface area contributed by atoms with Crippen molar-refractivity contribution in [1.29, 1.82) is 0 Å². The number of aliphatic carboxylic acids is 1. The number of anilines is 1. The molecule has 1 aromatic carbocycles. The molecule has 1 aliphatic carbocycles. The van der Waals surface area contributed by atoms with Gasteiger partial charge in [-0.05, 0) is 38.8 Å². The number of ether oxygens (including phenoxy) is 2. The third kappa shape index (κ3) is 3.02. The Balaban J connectivity index is 1.77. The van der Waals surface area contributed by atoms with Crippen LogP contribution in [-0.2, 0) is 9.59 Å². The lowest BCUT2D eigenvalue weighted by Gasteiger charge is -2.32. The van der Waals surface area contributed by atoms with Crippen LogP contribution in [0.1, 0.15) is 26.7 Å². The second-order valence-electron chi connectivity index (χ2n) is 6.06. The van der Waals surface area contributed by atoms with Gasteiger partial charge in [-0.1, -0.05) is 11.1 Å². The number of allylic oxidation sites excluding steroid dienone is 2. The zero-order valence-corrected chi connectivity index (χ0v) is 13.0. The number of carbonyl (C=O) groups excluding carboxylic acids is 2. The number of carboxylic acids is 1. The molecule has 0 bridgehead atoms. The van der Waals surface area contributed by atoms with Crippen LogP contribution in [0.3, 0.4) is 0 Å². The standard InChI is InChI=1S/C17H19NO5/c1-9-5-12(13(17(20)21)6-10(9)2)16(19)18-11-3-4-14-15(7-11)23-8-22-14/h3-4,7,12-13H,5-6,8H2,1-2H3,(H,18,19)(H,20,21)/p-1/t12-,13-/m0/s1. The zero-order valence-electron chi connectivity index (χ0n) is 13.0. The molecule has 3 rings (SSSR count). The van der Waals surface area contributed by atoms with E-state index in [9.17, 15) is 14.7 Å². The Kier molecular flexibility index (Phi) is 3.98. The summed E-state index contributed by atoms with van der Waals surface area (Å²) in [6.07, 6.45) is 0.786. The minimum Gasteiger partial charge on any atom is -0.550 e. The first-order valence-corrected chi connectivity index (χ1v) is 7.52. The molecule has 0 saturated carbocycles. The molecule has 0 unspecified atom stereocenters. The topological polar surface area (TPSA) is 87.7 Å². The smallest absolute Gasteiger partial charge is 0.231 e. The highest BCUT2D eigenvalue weighted by Gasteiger charge is 2.33.